The van der Waals surface area contributed by atoms with Crippen molar-refractivity contribution in [2.75, 3.05) is 5.88 Å². The van der Waals surface area contributed by atoms with Crippen LogP contribution in [-0.2, 0) is 0 Å². The number of nitrogens with one attached hydrogen (secondary N) is 1. The Labute approximate surface area is 98.8 Å². The van der Waals surface area contributed by atoms with Gasteiger partial charge >= 0.3 is 0 Å². The Kier molecular flexibility index (Phi) is 2.89. The van der Waals surface area contributed by atoms with Gasteiger partial charge in [0.15, 0.2) is 0 Å². The quantitative estimate of drug-likeness (QED) is 0.810. The zero-order chi connectivity index (χ0) is 11.8. The van der Waals surface area contributed by atoms with Crippen molar-refractivity contribution in [2.24, 2.45) is 0 Å². The summed E-state index contributed by atoms with van der Waals surface area (Å²) in [5.41, 5.74) is 0.660. The summed E-state index contributed by atoms with van der Waals surface area (Å²) in [6.45, 7) is 1.82. The second-order valence-corrected chi connectivity index (χ2v) is 4.62. The molecule has 1 aliphatic carbocycles. The number of amides is 1. The Morgan fingerprint density at radius 1 is 1.56 bits per heavy atom. The van der Waals surface area contributed by atoms with Gasteiger partial charge in [0.1, 0.15) is 5.82 Å². The van der Waals surface area contributed by atoms with E-state index in [4.69, 9.17) is 11.6 Å². The third-order valence-corrected chi connectivity index (χ3v) is 3.37. The van der Waals surface area contributed by atoms with Crippen LogP contribution in [0.4, 0.5) is 4.39 Å². The number of benzene rings is 1. The molecule has 2 nitrogen and oxygen atoms in total. The first-order valence-electron chi connectivity index (χ1n) is 5.21. The molecule has 0 saturated heterocycles. The zero-order valence-electron chi connectivity index (χ0n) is 9.02. The van der Waals surface area contributed by atoms with E-state index in [2.05, 4.69) is 5.32 Å². The summed E-state index contributed by atoms with van der Waals surface area (Å²) in [7, 11) is 0. The van der Waals surface area contributed by atoms with Crippen LogP contribution in [0.5, 0.6) is 0 Å². The molecule has 86 valence electrons. The van der Waals surface area contributed by atoms with Crippen molar-refractivity contribution in [1.82, 2.24) is 5.32 Å². The molecule has 0 heterocycles. The van der Waals surface area contributed by atoms with Gasteiger partial charge in [-0.2, -0.15) is 0 Å². The molecular weight excluding hydrogens is 229 g/mol. The van der Waals surface area contributed by atoms with Crippen molar-refractivity contribution in [3.8, 4) is 0 Å². The summed E-state index contributed by atoms with van der Waals surface area (Å²) < 4.78 is 13.4. The number of hydrogen-bond acceptors (Lipinski definition) is 1. The molecular formula is C12H13ClFNO. The Morgan fingerprint density at radius 3 is 2.81 bits per heavy atom. The van der Waals surface area contributed by atoms with Crippen molar-refractivity contribution in [1.29, 1.82) is 0 Å². The van der Waals surface area contributed by atoms with Gasteiger partial charge in [-0.3, -0.25) is 4.79 Å². The predicted octanol–water partition coefficient (Wildman–Crippen LogP) is 2.64. The van der Waals surface area contributed by atoms with Crippen LogP contribution in [0, 0.1) is 12.7 Å². The van der Waals surface area contributed by atoms with Gasteiger partial charge < -0.3 is 5.32 Å². The van der Waals surface area contributed by atoms with Crippen molar-refractivity contribution in [3.63, 3.8) is 0 Å². The van der Waals surface area contributed by atoms with Crippen LogP contribution in [-0.4, -0.2) is 17.3 Å². The van der Waals surface area contributed by atoms with Crippen LogP contribution in [0.15, 0.2) is 18.2 Å². The predicted molar refractivity (Wildman–Crippen MR) is 61.3 cm³/mol. The van der Waals surface area contributed by atoms with E-state index < -0.39 is 5.82 Å². The molecule has 0 atom stereocenters. The summed E-state index contributed by atoms with van der Waals surface area (Å²) in [4.78, 5) is 11.8. The summed E-state index contributed by atoms with van der Waals surface area (Å²) in [6.07, 6.45) is 1.74. The standard InChI is InChI=1S/C12H13ClFNO/c1-8-2-3-10(14)9(6-8)11(16)15-12(7-13)4-5-12/h2-3,6H,4-5,7H2,1H3,(H,15,16). The van der Waals surface area contributed by atoms with Crippen LogP contribution in [0.25, 0.3) is 0 Å². The topological polar surface area (TPSA) is 29.1 Å². The van der Waals surface area contributed by atoms with Crippen LogP contribution in [0.3, 0.4) is 0 Å². The van der Waals surface area contributed by atoms with Gasteiger partial charge in [-0.25, -0.2) is 4.39 Å². The highest BCUT2D eigenvalue weighted by atomic mass is 35.5. The number of aryl methyl sites for hydroxylation is 1. The second kappa shape index (κ2) is 4.06. The normalized spacial score (nSPS) is 16.9. The van der Waals surface area contributed by atoms with Gasteiger partial charge in [0.05, 0.1) is 11.1 Å². The first-order valence-corrected chi connectivity index (χ1v) is 5.74. The highest BCUT2D eigenvalue weighted by molar-refractivity contribution is 6.19. The molecule has 0 bridgehead atoms. The molecule has 1 N–H and O–H groups in total. The summed E-state index contributed by atoms with van der Waals surface area (Å²) in [5.74, 6) is -0.487. The number of carbonyl (C=O) groups is 1. The lowest BCUT2D eigenvalue weighted by Gasteiger charge is -2.14. The minimum Gasteiger partial charge on any atom is -0.345 e. The third kappa shape index (κ3) is 2.19. The molecule has 1 amide bonds. The molecule has 1 aromatic rings. The molecule has 1 saturated carbocycles. The van der Waals surface area contributed by atoms with E-state index in [-0.39, 0.29) is 17.0 Å². The van der Waals surface area contributed by atoms with E-state index in [9.17, 15) is 9.18 Å². The lowest BCUT2D eigenvalue weighted by atomic mass is 10.1. The van der Waals surface area contributed by atoms with Crippen LogP contribution >= 0.6 is 11.6 Å². The number of halogens is 2. The first kappa shape index (κ1) is 11.4. The monoisotopic (exact) mass is 241 g/mol. The molecule has 1 aromatic carbocycles. The molecule has 0 spiro atoms. The Morgan fingerprint density at radius 2 is 2.25 bits per heavy atom. The second-order valence-electron chi connectivity index (χ2n) is 4.35. The fraction of sp³-hybridized carbons (Fsp3) is 0.417. The van der Waals surface area contributed by atoms with Gasteiger partial charge in [0, 0.05) is 5.88 Å². The molecule has 1 fully saturated rings. The largest absolute Gasteiger partial charge is 0.345 e. The van der Waals surface area contributed by atoms with E-state index in [1.165, 1.54) is 6.07 Å². The molecule has 0 radical (unpaired) electrons. The van der Waals surface area contributed by atoms with E-state index in [0.29, 0.717) is 5.88 Å². The molecule has 2 rings (SSSR count). The van der Waals surface area contributed by atoms with Crippen LogP contribution < -0.4 is 5.32 Å². The molecule has 0 aromatic heterocycles. The maximum Gasteiger partial charge on any atom is 0.254 e. The minimum atomic E-state index is -0.492. The molecule has 1 aliphatic rings. The average molecular weight is 242 g/mol. The Hall–Kier alpha value is -1.09. The van der Waals surface area contributed by atoms with E-state index in [1.807, 2.05) is 6.92 Å². The van der Waals surface area contributed by atoms with Gasteiger partial charge in [-0.1, -0.05) is 11.6 Å². The van der Waals surface area contributed by atoms with Crippen molar-refractivity contribution in [3.05, 3.63) is 35.1 Å². The molecule has 4 heteroatoms. The highest BCUT2D eigenvalue weighted by Gasteiger charge is 2.43. The van der Waals surface area contributed by atoms with E-state index >= 15 is 0 Å². The average Bonchev–Trinajstić information content (AvgIpc) is 3.02. The smallest absolute Gasteiger partial charge is 0.254 e. The van der Waals surface area contributed by atoms with Crippen LogP contribution in [0.1, 0.15) is 28.8 Å². The first-order chi connectivity index (χ1) is 7.56. The third-order valence-electron chi connectivity index (χ3n) is 2.85. The van der Waals surface area contributed by atoms with Crippen LogP contribution in [0.2, 0.25) is 0 Å². The van der Waals surface area contributed by atoms with Crippen molar-refractivity contribution >= 4 is 17.5 Å². The zero-order valence-corrected chi connectivity index (χ0v) is 9.77. The fourth-order valence-corrected chi connectivity index (χ4v) is 1.90. The summed E-state index contributed by atoms with van der Waals surface area (Å²) in [6, 6.07) is 4.50. The number of rotatable bonds is 3. The van der Waals surface area contributed by atoms with E-state index in [0.717, 1.165) is 18.4 Å². The van der Waals surface area contributed by atoms with Gasteiger partial charge in [-0.05, 0) is 31.9 Å². The molecule has 16 heavy (non-hydrogen) atoms. The van der Waals surface area contributed by atoms with Crippen molar-refractivity contribution in [2.45, 2.75) is 25.3 Å². The molecule has 0 aliphatic heterocycles. The maximum absolute atomic E-state index is 13.4. The number of hydrogen-bond donors (Lipinski definition) is 1. The number of carbonyl (C=O) groups excluding carboxylic acids is 1. The van der Waals surface area contributed by atoms with Crippen molar-refractivity contribution < 1.29 is 9.18 Å². The number of alkyl halides is 1. The summed E-state index contributed by atoms with van der Waals surface area (Å²) in [5, 5.41) is 2.79. The SMILES string of the molecule is Cc1ccc(F)c(C(=O)NC2(CCl)CC2)c1. The molecule has 0 unspecified atom stereocenters. The Bertz CT molecular complexity index is 429. The van der Waals surface area contributed by atoms with Gasteiger partial charge in [-0.15, -0.1) is 11.6 Å². The highest BCUT2D eigenvalue weighted by Crippen LogP contribution is 2.36. The summed E-state index contributed by atoms with van der Waals surface area (Å²) >= 11 is 5.75. The van der Waals surface area contributed by atoms with E-state index in [1.54, 1.807) is 12.1 Å². The Balaban J connectivity index is 2.17. The lowest BCUT2D eigenvalue weighted by molar-refractivity contribution is 0.0932. The maximum atomic E-state index is 13.4. The van der Waals surface area contributed by atoms with Gasteiger partial charge in [0.25, 0.3) is 5.91 Å². The fourth-order valence-electron chi connectivity index (χ4n) is 1.56. The van der Waals surface area contributed by atoms with Gasteiger partial charge in [0.2, 0.25) is 0 Å². The minimum absolute atomic E-state index is 0.0939. The lowest BCUT2D eigenvalue weighted by Crippen LogP contribution is -2.38.